The summed E-state index contributed by atoms with van der Waals surface area (Å²) >= 11 is 0. The molecule has 10 nitrogen and oxygen atoms in total. The monoisotopic (exact) mass is 525 g/mol. The number of hydrogen-bond donors (Lipinski definition) is 4. The van der Waals surface area contributed by atoms with Crippen molar-refractivity contribution in [1.82, 2.24) is 16.0 Å². The third kappa shape index (κ3) is 8.22. The van der Waals surface area contributed by atoms with E-state index < -0.39 is 35.7 Å². The highest BCUT2D eigenvalue weighted by Crippen LogP contribution is 2.44. The van der Waals surface area contributed by atoms with Crippen molar-refractivity contribution in [2.24, 2.45) is 0 Å². The van der Waals surface area contributed by atoms with Gasteiger partial charge in [0.05, 0.1) is 0 Å². The van der Waals surface area contributed by atoms with Gasteiger partial charge in [-0.05, 0) is 55.9 Å². The van der Waals surface area contributed by atoms with E-state index in [1.54, 1.807) is 20.8 Å². The Morgan fingerprint density at radius 2 is 1.47 bits per heavy atom. The Labute approximate surface area is 222 Å². The number of fused-ring (bicyclic) bond motifs is 3. The number of carboxylic acids is 1. The number of aliphatic carboxylic acids is 1. The predicted molar refractivity (Wildman–Crippen MR) is 141 cm³/mol. The molecule has 1 aliphatic rings. The number of benzene rings is 2. The molecule has 4 N–H and O–H groups in total. The Bertz CT molecular complexity index is 1110. The van der Waals surface area contributed by atoms with Gasteiger partial charge in [0.1, 0.15) is 18.2 Å². The van der Waals surface area contributed by atoms with Crippen molar-refractivity contribution in [2.45, 2.75) is 57.6 Å². The standard InChI is InChI=1S/C28H35N3O7/c1-28(2,3)38-27(36)30-16-14-24(32)31-23(25(33)34)13-8-15-29-26(35)37-17-22-20-11-6-4-9-18(20)19-10-5-7-12-21(19)22/h4-7,9-12,22-23H,8,13-17H2,1-3H3,(H,29,35)(H,30,36)(H,31,32)(H,33,34)/t23-/m1/s1. The minimum Gasteiger partial charge on any atom is -0.480 e. The maximum Gasteiger partial charge on any atom is 0.407 e. The average molecular weight is 526 g/mol. The first-order chi connectivity index (χ1) is 18.0. The van der Waals surface area contributed by atoms with Crippen molar-refractivity contribution in [3.63, 3.8) is 0 Å². The van der Waals surface area contributed by atoms with Gasteiger partial charge in [0.15, 0.2) is 0 Å². The van der Waals surface area contributed by atoms with Crippen molar-refractivity contribution in [3.05, 3.63) is 59.7 Å². The smallest absolute Gasteiger partial charge is 0.407 e. The lowest BCUT2D eigenvalue weighted by atomic mass is 9.98. The highest BCUT2D eigenvalue weighted by atomic mass is 16.6. The van der Waals surface area contributed by atoms with Crippen LogP contribution in [0, 0.1) is 0 Å². The number of rotatable bonds is 11. The van der Waals surface area contributed by atoms with Gasteiger partial charge < -0.3 is 30.5 Å². The average Bonchev–Trinajstić information content (AvgIpc) is 3.17. The minimum absolute atomic E-state index is 0.0103. The molecule has 0 bridgehead atoms. The van der Waals surface area contributed by atoms with Crippen molar-refractivity contribution in [2.75, 3.05) is 19.7 Å². The van der Waals surface area contributed by atoms with E-state index in [2.05, 4.69) is 28.1 Å². The van der Waals surface area contributed by atoms with E-state index in [0.717, 1.165) is 22.3 Å². The Hall–Kier alpha value is -4.08. The molecule has 1 atom stereocenters. The molecule has 0 unspecified atom stereocenters. The molecule has 0 fully saturated rings. The van der Waals surface area contributed by atoms with Gasteiger partial charge in [-0.25, -0.2) is 14.4 Å². The van der Waals surface area contributed by atoms with Crippen LogP contribution in [0.5, 0.6) is 0 Å². The van der Waals surface area contributed by atoms with E-state index >= 15 is 0 Å². The summed E-state index contributed by atoms with van der Waals surface area (Å²) in [6.45, 7) is 5.55. The van der Waals surface area contributed by atoms with Crippen LogP contribution in [0.15, 0.2) is 48.5 Å². The first-order valence-electron chi connectivity index (χ1n) is 12.6. The molecule has 0 spiro atoms. The van der Waals surface area contributed by atoms with Crippen LogP contribution in [-0.4, -0.2) is 60.5 Å². The Morgan fingerprint density at radius 1 is 0.895 bits per heavy atom. The number of hydrogen-bond acceptors (Lipinski definition) is 6. The van der Waals surface area contributed by atoms with Crippen molar-refractivity contribution in [3.8, 4) is 11.1 Å². The third-order valence-corrected chi connectivity index (χ3v) is 5.94. The lowest BCUT2D eigenvalue weighted by molar-refractivity contribution is -0.142. The van der Waals surface area contributed by atoms with Gasteiger partial charge in [-0.2, -0.15) is 0 Å². The van der Waals surface area contributed by atoms with Gasteiger partial charge >= 0.3 is 18.2 Å². The fourth-order valence-electron chi connectivity index (χ4n) is 4.26. The molecule has 0 heterocycles. The van der Waals surface area contributed by atoms with Crippen LogP contribution in [0.1, 0.15) is 57.1 Å². The highest BCUT2D eigenvalue weighted by Gasteiger charge is 2.29. The quantitative estimate of drug-likeness (QED) is 0.327. The number of carboxylic acid groups (broad SMARTS) is 1. The van der Waals surface area contributed by atoms with E-state index in [4.69, 9.17) is 9.47 Å². The lowest BCUT2D eigenvalue weighted by Crippen LogP contribution is -2.42. The summed E-state index contributed by atoms with van der Waals surface area (Å²) in [7, 11) is 0. The molecule has 204 valence electrons. The number of carbonyl (C=O) groups is 4. The lowest BCUT2D eigenvalue weighted by Gasteiger charge is -2.19. The summed E-state index contributed by atoms with van der Waals surface area (Å²) in [6.07, 6.45) is -0.904. The molecule has 0 aromatic heterocycles. The van der Waals surface area contributed by atoms with Crippen LogP contribution in [0.3, 0.4) is 0 Å². The van der Waals surface area contributed by atoms with E-state index in [-0.39, 0.29) is 38.5 Å². The first kappa shape index (κ1) is 28.5. The summed E-state index contributed by atoms with van der Waals surface area (Å²) in [4.78, 5) is 47.5. The molecule has 0 saturated carbocycles. The van der Waals surface area contributed by atoms with E-state index in [1.165, 1.54) is 0 Å². The zero-order valence-electron chi connectivity index (χ0n) is 21.9. The first-order valence-corrected chi connectivity index (χ1v) is 12.6. The number of alkyl carbamates (subject to hydrolysis) is 2. The number of amides is 3. The van der Waals surface area contributed by atoms with Gasteiger partial charge in [0, 0.05) is 25.4 Å². The van der Waals surface area contributed by atoms with E-state index in [9.17, 15) is 24.3 Å². The second-order valence-corrected chi connectivity index (χ2v) is 10.0. The minimum atomic E-state index is -1.18. The molecule has 0 saturated heterocycles. The molecular formula is C28H35N3O7. The zero-order valence-corrected chi connectivity index (χ0v) is 21.9. The van der Waals surface area contributed by atoms with Gasteiger partial charge in [0.25, 0.3) is 0 Å². The summed E-state index contributed by atoms with van der Waals surface area (Å²) in [6, 6.07) is 15.0. The molecule has 3 amide bonds. The highest BCUT2D eigenvalue weighted by molar-refractivity contribution is 5.84. The Balaban J connectivity index is 1.37. The Kier molecular flexibility index (Phi) is 9.70. The van der Waals surface area contributed by atoms with Crippen molar-refractivity contribution >= 4 is 24.1 Å². The number of carbonyl (C=O) groups excluding carboxylic acids is 3. The topological polar surface area (TPSA) is 143 Å². The van der Waals surface area contributed by atoms with Crippen LogP contribution in [-0.2, 0) is 19.1 Å². The molecule has 2 aromatic carbocycles. The summed E-state index contributed by atoms with van der Waals surface area (Å²) in [5.74, 6) is -1.75. The number of nitrogens with one attached hydrogen (secondary N) is 3. The predicted octanol–water partition coefficient (Wildman–Crippen LogP) is 3.79. The van der Waals surface area contributed by atoms with Gasteiger partial charge in [-0.1, -0.05) is 48.5 Å². The molecule has 10 heteroatoms. The molecule has 0 aliphatic heterocycles. The Morgan fingerprint density at radius 3 is 2.05 bits per heavy atom. The molecule has 3 rings (SSSR count). The van der Waals surface area contributed by atoms with Crippen LogP contribution >= 0.6 is 0 Å². The third-order valence-electron chi connectivity index (χ3n) is 5.94. The van der Waals surface area contributed by atoms with Gasteiger partial charge in [-0.3, -0.25) is 4.79 Å². The fourth-order valence-corrected chi connectivity index (χ4v) is 4.26. The second kappa shape index (κ2) is 12.9. The van der Waals surface area contributed by atoms with Crippen molar-refractivity contribution in [1.29, 1.82) is 0 Å². The second-order valence-electron chi connectivity index (χ2n) is 10.0. The summed E-state index contributed by atoms with van der Waals surface area (Å²) in [5, 5.41) is 16.9. The molecule has 38 heavy (non-hydrogen) atoms. The fraction of sp³-hybridized carbons (Fsp3) is 0.429. The van der Waals surface area contributed by atoms with Crippen LogP contribution in [0.4, 0.5) is 9.59 Å². The molecule has 0 radical (unpaired) electrons. The van der Waals surface area contributed by atoms with Crippen LogP contribution in [0.25, 0.3) is 11.1 Å². The maximum absolute atomic E-state index is 12.3. The normalized spacial score (nSPS) is 13.0. The SMILES string of the molecule is CC(C)(C)OC(=O)NCCC(=O)N[C@H](CCCNC(=O)OCC1c2ccccc2-c2ccccc21)C(=O)O. The van der Waals surface area contributed by atoms with Gasteiger partial charge in [0.2, 0.25) is 5.91 Å². The van der Waals surface area contributed by atoms with Crippen LogP contribution in [0.2, 0.25) is 0 Å². The van der Waals surface area contributed by atoms with E-state index in [1.807, 2.05) is 36.4 Å². The maximum atomic E-state index is 12.3. The molecular weight excluding hydrogens is 490 g/mol. The van der Waals surface area contributed by atoms with Crippen LogP contribution < -0.4 is 16.0 Å². The van der Waals surface area contributed by atoms with Crippen molar-refractivity contribution < 1.29 is 33.8 Å². The summed E-state index contributed by atoms with van der Waals surface area (Å²) < 4.78 is 10.6. The molecule has 1 aliphatic carbocycles. The largest absolute Gasteiger partial charge is 0.480 e. The zero-order chi connectivity index (χ0) is 27.7. The van der Waals surface area contributed by atoms with E-state index in [0.29, 0.717) is 6.42 Å². The number of ether oxygens (including phenoxy) is 2. The molecule has 2 aromatic rings. The van der Waals surface area contributed by atoms with Gasteiger partial charge in [-0.15, -0.1) is 0 Å². The summed E-state index contributed by atoms with van der Waals surface area (Å²) in [5.41, 5.74) is 3.85.